The summed E-state index contributed by atoms with van der Waals surface area (Å²) in [4.78, 5) is 27.9. The van der Waals surface area contributed by atoms with Gasteiger partial charge >= 0.3 is 0 Å². The molecular formula is C23H24N4O3. The van der Waals surface area contributed by atoms with Crippen LogP contribution in [0, 0.1) is 6.92 Å². The van der Waals surface area contributed by atoms with Crippen LogP contribution in [0.2, 0.25) is 0 Å². The van der Waals surface area contributed by atoms with E-state index in [1.807, 2.05) is 23.1 Å². The number of carbonyl (C=O) groups excluding carboxylic acids is 1. The molecule has 0 spiro atoms. The number of likely N-dealkylation sites (tertiary alicyclic amines) is 1. The molecule has 2 aromatic heterocycles. The van der Waals surface area contributed by atoms with Gasteiger partial charge in [0.1, 0.15) is 11.3 Å². The van der Waals surface area contributed by atoms with Gasteiger partial charge in [-0.3, -0.25) is 4.79 Å². The van der Waals surface area contributed by atoms with Crippen LogP contribution in [0.15, 0.2) is 40.8 Å². The molecule has 4 aromatic rings. The smallest absolute Gasteiger partial charge is 0.254 e. The molecule has 0 bridgehead atoms. The number of nitrogens with zero attached hydrogens (tertiary/aromatic N) is 3. The Kier molecular flexibility index (Phi) is 4.75. The monoisotopic (exact) mass is 404 g/mol. The van der Waals surface area contributed by atoms with Crippen LogP contribution >= 0.6 is 0 Å². The average molecular weight is 404 g/mol. The summed E-state index contributed by atoms with van der Waals surface area (Å²) < 4.78 is 10.9. The number of oxazole rings is 1. The predicted molar refractivity (Wildman–Crippen MR) is 113 cm³/mol. The van der Waals surface area contributed by atoms with Gasteiger partial charge in [-0.25, -0.2) is 9.97 Å². The quantitative estimate of drug-likeness (QED) is 0.539. The zero-order valence-corrected chi connectivity index (χ0v) is 17.1. The Hall–Kier alpha value is -3.19. The number of aromatic nitrogens is 3. The van der Waals surface area contributed by atoms with E-state index in [0.717, 1.165) is 35.2 Å². The third kappa shape index (κ3) is 3.35. The number of H-pyrrole nitrogens is 1. The van der Waals surface area contributed by atoms with E-state index < -0.39 is 0 Å². The summed E-state index contributed by atoms with van der Waals surface area (Å²) in [5, 5.41) is 0. The minimum absolute atomic E-state index is 0.00845. The van der Waals surface area contributed by atoms with Crippen molar-refractivity contribution in [1.29, 1.82) is 0 Å². The molecular weight excluding hydrogens is 380 g/mol. The number of aryl methyl sites for hydroxylation is 1. The standard InChI is InChI=1S/C23H24N4O3/c1-14-5-7-16-18(12-14)26-22(25-16)19-4-3-10-27(19)23(28)15-6-8-17-20(13-15)30-21(24-17)9-11-29-2/h5-8,12-13,19H,3-4,9-11H2,1-2H3,(H,25,26)/t19-/m0/s1. The van der Waals surface area contributed by atoms with Gasteiger partial charge in [-0.05, 0) is 55.7 Å². The molecule has 1 amide bonds. The second kappa shape index (κ2) is 7.57. The van der Waals surface area contributed by atoms with E-state index >= 15 is 0 Å². The summed E-state index contributed by atoms with van der Waals surface area (Å²) in [6, 6.07) is 11.6. The fraction of sp³-hybridized carbons (Fsp3) is 0.348. The van der Waals surface area contributed by atoms with Crippen LogP contribution in [0.5, 0.6) is 0 Å². The number of methoxy groups -OCH3 is 1. The normalized spacial score (nSPS) is 16.7. The zero-order chi connectivity index (χ0) is 20.7. The number of nitrogens with one attached hydrogen (secondary N) is 1. The largest absolute Gasteiger partial charge is 0.441 e. The highest BCUT2D eigenvalue weighted by atomic mass is 16.5. The number of carbonyl (C=O) groups is 1. The van der Waals surface area contributed by atoms with Gasteiger partial charge in [0.25, 0.3) is 5.91 Å². The molecule has 1 fully saturated rings. The lowest BCUT2D eigenvalue weighted by Gasteiger charge is -2.23. The Labute approximate surface area is 174 Å². The van der Waals surface area contributed by atoms with Gasteiger partial charge in [-0.2, -0.15) is 0 Å². The summed E-state index contributed by atoms with van der Waals surface area (Å²) in [5.41, 5.74) is 5.11. The number of aromatic amines is 1. The summed E-state index contributed by atoms with van der Waals surface area (Å²) in [7, 11) is 1.65. The lowest BCUT2D eigenvalue weighted by atomic mass is 10.1. The van der Waals surface area contributed by atoms with Crippen molar-refractivity contribution < 1.29 is 13.9 Å². The number of benzene rings is 2. The van der Waals surface area contributed by atoms with Gasteiger partial charge in [-0.15, -0.1) is 0 Å². The predicted octanol–water partition coefficient (Wildman–Crippen LogP) is 4.18. The summed E-state index contributed by atoms with van der Waals surface area (Å²) in [6.45, 7) is 3.32. The molecule has 30 heavy (non-hydrogen) atoms. The number of ether oxygens (including phenoxy) is 1. The Morgan fingerprint density at radius 2 is 2.10 bits per heavy atom. The minimum atomic E-state index is -0.0482. The van der Waals surface area contributed by atoms with Crippen molar-refractivity contribution in [3.05, 3.63) is 59.2 Å². The molecule has 1 aliphatic rings. The van der Waals surface area contributed by atoms with E-state index in [9.17, 15) is 4.79 Å². The molecule has 7 nitrogen and oxygen atoms in total. The molecule has 1 saturated heterocycles. The molecule has 5 rings (SSSR count). The molecule has 3 heterocycles. The van der Waals surface area contributed by atoms with Gasteiger partial charge in [0.05, 0.1) is 23.7 Å². The third-order valence-electron chi connectivity index (χ3n) is 5.68. The lowest BCUT2D eigenvalue weighted by Crippen LogP contribution is -2.31. The molecule has 154 valence electrons. The molecule has 1 N–H and O–H groups in total. The average Bonchev–Trinajstić information content (AvgIpc) is 3.47. The fourth-order valence-corrected chi connectivity index (χ4v) is 4.16. The molecule has 0 saturated carbocycles. The first-order valence-electron chi connectivity index (χ1n) is 10.3. The van der Waals surface area contributed by atoms with Crippen LogP contribution in [0.1, 0.15) is 46.5 Å². The molecule has 2 aromatic carbocycles. The van der Waals surface area contributed by atoms with E-state index in [-0.39, 0.29) is 11.9 Å². The highest BCUT2D eigenvalue weighted by Gasteiger charge is 2.33. The maximum Gasteiger partial charge on any atom is 0.254 e. The first-order chi connectivity index (χ1) is 14.6. The number of fused-ring (bicyclic) bond motifs is 2. The SMILES string of the molecule is COCCc1nc2ccc(C(=O)N3CCC[C@H]3c3nc4ccc(C)cc4[nH]3)cc2o1. The van der Waals surface area contributed by atoms with Crippen LogP contribution in [0.4, 0.5) is 0 Å². The van der Waals surface area contributed by atoms with Crippen LogP contribution in [0.25, 0.3) is 22.1 Å². The van der Waals surface area contributed by atoms with Crippen molar-refractivity contribution in [3.63, 3.8) is 0 Å². The Morgan fingerprint density at radius 3 is 2.97 bits per heavy atom. The van der Waals surface area contributed by atoms with Gasteiger partial charge in [0.15, 0.2) is 11.5 Å². The number of imidazole rings is 1. The van der Waals surface area contributed by atoms with E-state index in [0.29, 0.717) is 36.6 Å². The first kappa shape index (κ1) is 18.8. The van der Waals surface area contributed by atoms with E-state index in [1.54, 1.807) is 13.2 Å². The zero-order valence-electron chi connectivity index (χ0n) is 17.1. The topological polar surface area (TPSA) is 84.2 Å². The second-order valence-corrected chi connectivity index (χ2v) is 7.83. The van der Waals surface area contributed by atoms with Crippen molar-refractivity contribution in [2.24, 2.45) is 0 Å². The Bertz CT molecular complexity index is 1230. The molecule has 0 unspecified atom stereocenters. The Balaban J connectivity index is 1.42. The van der Waals surface area contributed by atoms with Crippen molar-refractivity contribution in [1.82, 2.24) is 19.9 Å². The number of hydrogen-bond acceptors (Lipinski definition) is 5. The van der Waals surface area contributed by atoms with E-state index in [2.05, 4.69) is 29.0 Å². The molecule has 1 aliphatic heterocycles. The lowest BCUT2D eigenvalue weighted by molar-refractivity contribution is 0.0730. The van der Waals surface area contributed by atoms with Gasteiger partial charge in [0, 0.05) is 25.6 Å². The van der Waals surface area contributed by atoms with Crippen LogP contribution in [-0.4, -0.2) is 46.0 Å². The van der Waals surface area contributed by atoms with E-state index in [1.165, 1.54) is 5.56 Å². The fourth-order valence-electron chi connectivity index (χ4n) is 4.16. The number of rotatable bonds is 5. The van der Waals surface area contributed by atoms with Crippen molar-refractivity contribution >= 4 is 28.0 Å². The van der Waals surface area contributed by atoms with E-state index in [4.69, 9.17) is 14.1 Å². The summed E-state index contributed by atoms with van der Waals surface area (Å²) >= 11 is 0. The highest BCUT2D eigenvalue weighted by molar-refractivity contribution is 5.97. The van der Waals surface area contributed by atoms with Crippen LogP contribution in [0.3, 0.4) is 0 Å². The van der Waals surface area contributed by atoms with Crippen LogP contribution in [-0.2, 0) is 11.2 Å². The number of hydrogen-bond donors (Lipinski definition) is 1. The first-order valence-corrected chi connectivity index (χ1v) is 10.3. The third-order valence-corrected chi connectivity index (χ3v) is 5.68. The number of amides is 1. The van der Waals surface area contributed by atoms with Gasteiger partial charge < -0.3 is 19.0 Å². The maximum absolute atomic E-state index is 13.3. The molecule has 7 heteroatoms. The van der Waals surface area contributed by atoms with Crippen molar-refractivity contribution in [2.75, 3.05) is 20.3 Å². The highest BCUT2D eigenvalue weighted by Crippen LogP contribution is 2.33. The van der Waals surface area contributed by atoms with Gasteiger partial charge in [-0.1, -0.05) is 6.07 Å². The van der Waals surface area contributed by atoms with Gasteiger partial charge in [0.2, 0.25) is 0 Å². The molecule has 0 radical (unpaired) electrons. The van der Waals surface area contributed by atoms with Crippen LogP contribution < -0.4 is 0 Å². The maximum atomic E-state index is 13.3. The minimum Gasteiger partial charge on any atom is -0.441 e. The molecule has 0 aliphatic carbocycles. The second-order valence-electron chi connectivity index (χ2n) is 7.83. The summed E-state index contributed by atoms with van der Waals surface area (Å²) in [6.07, 6.45) is 2.46. The Morgan fingerprint density at radius 1 is 1.23 bits per heavy atom. The van der Waals surface area contributed by atoms with Crippen molar-refractivity contribution in [3.8, 4) is 0 Å². The van der Waals surface area contributed by atoms with Crippen molar-refractivity contribution in [2.45, 2.75) is 32.2 Å². The molecule has 1 atom stereocenters. The summed E-state index contributed by atoms with van der Waals surface area (Å²) in [5.74, 6) is 1.46.